The molecule has 2 saturated heterocycles. The average molecular weight is 349 g/mol. The Morgan fingerprint density at radius 2 is 1.86 bits per heavy atom. The van der Waals surface area contributed by atoms with Crippen molar-refractivity contribution < 1.29 is 13.2 Å². The summed E-state index contributed by atoms with van der Waals surface area (Å²) in [4.78, 5) is 2.31. The first-order chi connectivity index (χ1) is 10.7. The molecule has 3 aliphatic rings. The van der Waals surface area contributed by atoms with Crippen molar-refractivity contribution in [3.8, 4) is 0 Å². The molecule has 0 N–H and O–H groups in total. The summed E-state index contributed by atoms with van der Waals surface area (Å²) >= 11 is 1.99. The summed E-state index contributed by atoms with van der Waals surface area (Å²) in [5.74, 6) is 1.27. The van der Waals surface area contributed by atoms with E-state index in [0.29, 0.717) is 17.5 Å². The summed E-state index contributed by atoms with van der Waals surface area (Å²) in [5, 5.41) is 0.538. The number of nitrogens with zero attached hydrogens (tertiary/aromatic N) is 2. The van der Waals surface area contributed by atoms with E-state index in [0.717, 1.165) is 51.4 Å². The quantitative estimate of drug-likeness (QED) is 0.752. The van der Waals surface area contributed by atoms with Crippen molar-refractivity contribution in [2.24, 2.45) is 0 Å². The number of thioether (sulfide) groups is 1. The average Bonchev–Trinajstić information content (AvgIpc) is 2.55. The van der Waals surface area contributed by atoms with Crippen molar-refractivity contribution in [3.05, 3.63) is 0 Å². The lowest BCUT2D eigenvalue weighted by Gasteiger charge is -2.42. The van der Waals surface area contributed by atoms with Gasteiger partial charge < -0.3 is 4.74 Å². The van der Waals surface area contributed by atoms with Gasteiger partial charge in [0.05, 0.1) is 19.0 Å². The minimum Gasteiger partial charge on any atom is -0.379 e. The Labute approximate surface area is 138 Å². The van der Waals surface area contributed by atoms with Crippen LogP contribution in [-0.2, 0) is 14.8 Å². The molecule has 7 heteroatoms. The highest BCUT2D eigenvalue weighted by molar-refractivity contribution is 8.00. The second-order valence-corrected chi connectivity index (χ2v) is 9.88. The minimum absolute atomic E-state index is 0.265. The maximum Gasteiger partial charge on any atom is 0.214 e. The largest absolute Gasteiger partial charge is 0.379 e. The third-order valence-corrected chi connectivity index (χ3v) is 8.39. The van der Waals surface area contributed by atoms with Crippen LogP contribution in [-0.4, -0.2) is 79.8 Å². The number of ether oxygens (including phenoxy) is 1. The Bertz CT molecular complexity index is 450. The van der Waals surface area contributed by atoms with E-state index in [-0.39, 0.29) is 6.04 Å². The first-order valence-electron chi connectivity index (χ1n) is 8.58. The van der Waals surface area contributed by atoms with Gasteiger partial charge in [-0.15, -0.1) is 0 Å². The lowest BCUT2D eigenvalue weighted by Crippen LogP contribution is -2.52. The maximum absolute atomic E-state index is 12.8. The number of sulfonamides is 1. The number of fused-ring (bicyclic) bond motifs is 1. The molecule has 2 aliphatic heterocycles. The number of morpholine rings is 1. The van der Waals surface area contributed by atoms with Crippen LogP contribution in [0.4, 0.5) is 0 Å². The van der Waals surface area contributed by atoms with Gasteiger partial charge in [-0.05, 0) is 25.8 Å². The zero-order chi connectivity index (χ0) is 15.4. The predicted octanol–water partition coefficient (Wildman–Crippen LogP) is 1.40. The summed E-state index contributed by atoms with van der Waals surface area (Å²) in [6.07, 6.45) is 5.43. The van der Waals surface area contributed by atoms with E-state index in [1.807, 2.05) is 16.1 Å². The first kappa shape index (κ1) is 17.0. The standard InChI is InChI=1S/C15H28N2O3S2/c18-22(19,13-3-6-16-7-10-20-11-8-16)17-9-12-21-15-5-2-1-4-14(15)17/h14-15H,1-13H2/t14-,15-/m0/s1. The van der Waals surface area contributed by atoms with Gasteiger partial charge in [0.2, 0.25) is 10.0 Å². The molecule has 0 spiro atoms. The van der Waals surface area contributed by atoms with Crippen molar-refractivity contribution in [2.75, 3.05) is 50.9 Å². The molecule has 0 aromatic heterocycles. The molecule has 0 bridgehead atoms. The molecule has 0 aromatic rings. The van der Waals surface area contributed by atoms with E-state index in [2.05, 4.69) is 4.90 Å². The van der Waals surface area contributed by atoms with Gasteiger partial charge in [0.1, 0.15) is 0 Å². The van der Waals surface area contributed by atoms with Crippen LogP contribution in [0, 0.1) is 0 Å². The second-order valence-electron chi connectivity index (χ2n) is 6.50. The van der Waals surface area contributed by atoms with Crippen molar-refractivity contribution in [3.63, 3.8) is 0 Å². The van der Waals surface area contributed by atoms with Gasteiger partial charge in [0.25, 0.3) is 0 Å². The number of rotatable bonds is 5. The highest BCUT2D eigenvalue weighted by atomic mass is 32.2. The molecular formula is C15H28N2O3S2. The molecular weight excluding hydrogens is 320 g/mol. The molecule has 0 radical (unpaired) electrons. The smallest absolute Gasteiger partial charge is 0.214 e. The minimum atomic E-state index is -3.09. The normalized spacial score (nSPS) is 31.8. The summed E-state index contributed by atoms with van der Waals surface area (Å²) in [6, 6.07) is 0.265. The summed E-state index contributed by atoms with van der Waals surface area (Å²) in [7, 11) is -3.09. The fourth-order valence-electron chi connectivity index (χ4n) is 3.82. The maximum atomic E-state index is 12.8. The van der Waals surface area contributed by atoms with E-state index < -0.39 is 10.0 Å². The molecule has 1 aliphatic carbocycles. The van der Waals surface area contributed by atoms with Gasteiger partial charge in [0, 0.05) is 36.7 Å². The molecule has 5 nitrogen and oxygen atoms in total. The van der Waals surface area contributed by atoms with Gasteiger partial charge >= 0.3 is 0 Å². The number of hydrogen-bond donors (Lipinski definition) is 0. The molecule has 2 atom stereocenters. The topological polar surface area (TPSA) is 49.9 Å². The Morgan fingerprint density at radius 1 is 1.09 bits per heavy atom. The van der Waals surface area contributed by atoms with Crippen LogP contribution in [0.15, 0.2) is 0 Å². The molecule has 128 valence electrons. The van der Waals surface area contributed by atoms with E-state index in [4.69, 9.17) is 4.74 Å². The van der Waals surface area contributed by atoms with Gasteiger partial charge in [-0.1, -0.05) is 12.8 Å². The molecule has 3 fully saturated rings. The van der Waals surface area contributed by atoms with Crippen LogP contribution in [0.1, 0.15) is 32.1 Å². The lowest BCUT2D eigenvalue weighted by atomic mass is 9.95. The fourth-order valence-corrected chi connectivity index (χ4v) is 7.22. The van der Waals surface area contributed by atoms with E-state index in [1.54, 1.807) is 0 Å². The van der Waals surface area contributed by atoms with Gasteiger partial charge in [-0.25, -0.2) is 8.42 Å². The van der Waals surface area contributed by atoms with Gasteiger partial charge in [-0.3, -0.25) is 4.90 Å². The molecule has 2 heterocycles. The van der Waals surface area contributed by atoms with Crippen LogP contribution in [0.2, 0.25) is 0 Å². The molecule has 0 amide bonds. The summed E-state index contributed by atoms with van der Waals surface area (Å²) in [6.45, 7) is 5.01. The van der Waals surface area contributed by atoms with Crippen LogP contribution in [0.25, 0.3) is 0 Å². The van der Waals surface area contributed by atoms with Crippen LogP contribution in [0.5, 0.6) is 0 Å². The van der Waals surface area contributed by atoms with Crippen LogP contribution < -0.4 is 0 Å². The van der Waals surface area contributed by atoms with Gasteiger partial charge in [-0.2, -0.15) is 16.1 Å². The highest BCUT2D eigenvalue weighted by Gasteiger charge is 2.39. The first-order valence-corrected chi connectivity index (χ1v) is 11.2. The second kappa shape index (κ2) is 7.83. The van der Waals surface area contributed by atoms with Crippen LogP contribution >= 0.6 is 11.8 Å². The van der Waals surface area contributed by atoms with Crippen molar-refractivity contribution >= 4 is 21.8 Å². The number of hydrogen-bond acceptors (Lipinski definition) is 5. The molecule has 0 unspecified atom stereocenters. The molecule has 0 aromatic carbocycles. The Hall–Kier alpha value is 0.180. The third kappa shape index (κ3) is 4.17. The monoisotopic (exact) mass is 348 g/mol. The summed E-state index contributed by atoms with van der Waals surface area (Å²) < 4.78 is 32.7. The lowest BCUT2D eigenvalue weighted by molar-refractivity contribution is 0.0380. The van der Waals surface area contributed by atoms with E-state index in [1.165, 1.54) is 19.3 Å². The Kier molecular flexibility index (Phi) is 6.06. The SMILES string of the molecule is O=S(=O)(CCCN1CCOCC1)N1CCS[C@H]2CCCC[C@@H]21. The molecule has 1 saturated carbocycles. The van der Waals surface area contributed by atoms with Crippen molar-refractivity contribution in [1.29, 1.82) is 0 Å². The summed E-state index contributed by atoms with van der Waals surface area (Å²) in [5.41, 5.74) is 0. The Balaban J connectivity index is 1.52. The molecule has 22 heavy (non-hydrogen) atoms. The zero-order valence-corrected chi connectivity index (χ0v) is 14.9. The highest BCUT2D eigenvalue weighted by Crippen LogP contribution is 2.36. The molecule has 3 rings (SSSR count). The Morgan fingerprint density at radius 3 is 2.68 bits per heavy atom. The van der Waals surface area contributed by atoms with E-state index >= 15 is 0 Å². The predicted molar refractivity (Wildman–Crippen MR) is 90.9 cm³/mol. The van der Waals surface area contributed by atoms with Gasteiger partial charge in [0.15, 0.2) is 0 Å². The third-order valence-electron chi connectivity index (χ3n) is 5.02. The van der Waals surface area contributed by atoms with Crippen molar-refractivity contribution in [2.45, 2.75) is 43.4 Å². The zero-order valence-electron chi connectivity index (χ0n) is 13.3. The van der Waals surface area contributed by atoms with Crippen LogP contribution in [0.3, 0.4) is 0 Å². The fraction of sp³-hybridized carbons (Fsp3) is 1.00. The van der Waals surface area contributed by atoms with E-state index in [9.17, 15) is 8.42 Å². The van der Waals surface area contributed by atoms with Crippen molar-refractivity contribution in [1.82, 2.24) is 9.21 Å².